The summed E-state index contributed by atoms with van der Waals surface area (Å²) >= 11 is 1.03. The van der Waals surface area contributed by atoms with Crippen LogP contribution in [0.15, 0.2) is 23.1 Å². The van der Waals surface area contributed by atoms with Gasteiger partial charge in [0.25, 0.3) is 0 Å². The average molecular weight is 368 g/mol. The third kappa shape index (κ3) is 2.98. The summed E-state index contributed by atoms with van der Waals surface area (Å²) in [4.78, 5) is 26.6. The molecular weight excluding hydrogens is 348 g/mol. The second-order valence-corrected chi connectivity index (χ2v) is 6.88. The van der Waals surface area contributed by atoms with Crippen LogP contribution in [0.1, 0.15) is 13.3 Å². The number of thioether (sulfide) groups is 1. The predicted molar refractivity (Wildman–Crippen MR) is 89.0 cm³/mol. The van der Waals surface area contributed by atoms with E-state index in [4.69, 9.17) is 23.7 Å². The largest absolute Gasteiger partial charge is 0.497 e. The van der Waals surface area contributed by atoms with Crippen molar-refractivity contribution in [2.45, 2.75) is 35.4 Å². The lowest BCUT2D eigenvalue weighted by atomic mass is 9.96. The molecule has 2 aliphatic heterocycles. The van der Waals surface area contributed by atoms with Crippen molar-refractivity contribution in [2.75, 3.05) is 27.4 Å². The fraction of sp³-hybridized carbons (Fsp3) is 0.529. The van der Waals surface area contributed by atoms with Gasteiger partial charge >= 0.3 is 5.97 Å². The second-order valence-electron chi connectivity index (χ2n) is 5.59. The highest BCUT2D eigenvalue weighted by atomic mass is 32.2. The van der Waals surface area contributed by atoms with Crippen molar-refractivity contribution in [2.24, 2.45) is 0 Å². The Balaban J connectivity index is 2.16. The van der Waals surface area contributed by atoms with Gasteiger partial charge in [0.1, 0.15) is 11.5 Å². The first-order valence-electron chi connectivity index (χ1n) is 7.96. The van der Waals surface area contributed by atoms with Crippen LogP contribution >= 0.6 is 11.8 Å². The number of ketones is 1. The monoisotopic (exact) mass is 368 g/mol. The maximum Gasteiger partial charge on any atom is 0.335 e. The number of fused-ring (bicyclic) bond motifs is 1. The summed E-state index contributed by atoms with van der Waals surface area (Å²) in [7, 11) is 2.78. The molecule has 0 radical (unpaired) electrons. The fourth-order valence-corrected chi connectivity index (χ4v) is 4.25. The number of hydrogen-bond donors (Lipinski definition) is 0. The Morgan fingerprint density at radius 3 is 2.64 bits per heavy atom. The fourth-order valence-electron chi connectivity index (χ4n) is 2.88. The standard InChI is InChI=1S/C17H20O7S/c1-4-11-14(18)17(15(19)21-3,16-22-7-8-23-16)25-13-9-10(20-2)5-6-12(13)24-11/h5-6,9,11,16H,4,7-8H2,1-3H3. The molecule has 0 aromatic heterocycles. The number of esters is 1. The van der Waals surface area contributed by atoms with Crippen LogP contribution in [0.5, 0.6) is 11.5 Å². The maximum atomic E-state index is 13.3. The van der Waals surface area contributed by atoms with E-state index in [9.17, 15) is 9.59 Å². The van der Waals surface area contributed by atoms with E-state index in [0.717, 1.165) is 11.8 Å². The molecule has 2 heterocycles. The number of ether oxygens (including phenoxy) is 5. The van der Waals surface area contributed by atoms with Crippen LogP contribution in [0.2, 0.25) is 0 Å². The van der Waals surface area contributed by atoms with E-state index in [0.29, 0.717) is 36.0 Å². The molecule has 1 aromatic rings. The lowest BCUT2D eigenvalue weighted by molar-refractivity contribution is -0.163. The van der Waals surface area contributed by atoms with Gasteiger partial charge in [-0.15, -0.1) is 0 Å². The van der Waals surface area contributed by atoms with Gasteiger partial charge in [-0.3, -0.25) is 4.79 Å². The molecule has 1 aromatic carbocycles. The summed E-state index contributed by atoms with van der Waals surface area (Å²) in [5.74, 6) is -0.0416. The molecule has 0 bridgehead atoms. The molecule has 1 saturated heterocycles. The number of hydrogen-bond acceptors (Lipinski definition) is 8. The molecule has 0 aliphatic carbocycles. The van der Waals surface area contributed by atoms with Crippen LogP contribution in [0.4, 0.5) is 0 Å². The molecule has 8 heteroatoms. The SMILES string of the molecule is CCC1Oc2ccc(OC)cc2SC(C(=O)OC)(C2OCCO2)C1=O. The summed E-state index contributed by atoms with van der Waals surface area (Å²) in [6, 6.07) is 5.18. The topological polar surface area (TPSA) is 80.3 Å². The Bertz CT molecular complexity index is 671. The molecule has 0 amide bonds. The summed E-state index contributed by atoms with van der Waals surface area (Å²) in [6.07, 6.45) is -1.45. The zero-order chi connectivity index (χ0) is 18.0. The summed E-state index contributed by atoms with van der Waals surface area (Å²) in [5, 5.41) is 0. The summed E-state index contributed by atoms with van der Waals surface area (Å²) in [6.45, 7) is 2.43. The van der Waals surface area contributed by atoms with Crippen LogP contribution < -0.4 is 9.47 Å². The quantitative estimate of drug-likeness (QED) is 0.588. The zero-order valence-corrected chi connectivity index (χ0v) is 15.1. The predicted octanol–water partition coefficient (Wildman–Crippen LogP) is 1.81. The molecule has 0 N–H and O–H groups in total. The van der Waals surface area contributed by atoms with Crippen molar-refractivity contribution >= 4 is 23.5 Å². The van der Waals surface area contributed by atoms with E-state index in [1.165, 1.54) is 7.11 Å². The smallest absolute Gasteiger partial charge is 0.335 e. The van der Waals surface area contributed by atoms with Gasteiger partial charge in [0.2, 0.25) is 10.5 Å². The third-order valence-electron chi connectivity index (χ3n) is 4.16. The normalized spacial score (nSPS) is 26.5. The van der Waals surface area contributed by atoms with Crippen LogP contribution in [0, 0.1) is 0 Å². The lowest BCUT2D eigenvalue weighted by Gasteiger charge is -2.32. The van der Waals surface area contributed by atoms with Crippen LogP contribution in [0.3, 0.4) is 0 Å². The highest BCUT2D eigenvalue weighted by Gasteiger charge is 2.61. The van der Waals surface area contributed by atoms with E-state index >= 15 is 0 Å². The van der Waals surface area contributed by atoms with Crippen molar-refractivity contribution in [3.8, 4) is 11.5 Å². The number of rotatable bonds is 4. The molecule has 25 heavy (non-hydrogen) atoms. The Labute approximate surface area is 149 Å². The van der Waals surface area contributed by atoms with Crippen molar-refractivity contribution in [1.29, 1.82) is 0 Å². The van der Waals surface area contributed by atoms with Gasteiger partial charge in [-0.25, -0.2) is 4.79 Å². The molecule has 2 unspecified atom stereocenters. The molecule has 2 atom stereocenters. The van der Waals surface area contributed by atoms with E-state index < -0.39 is 28.9 Å². The van der Waals surface area contributed by atoms with Gasteiger partial charge in [0, 0.05) is 0 Å². The number of benzene rings is 1. The van der Waals surface area contributed by atoms with Crippen LogP contribution in [-0.2, 0) is 23.8 Å². The van der Waals surface area contributed by atoms with Gasteiger partial charge in [0.05, 0.1) is 32.3 Å². The molecule has 7 nitrogen and oxygen atoms in total. The minimum atomic E-state index is -1.69. The Morgan fingerprint density at radius 1 is 1.32 bits per heavy atom. The van der Waals surface area contributed by atoms with Gasteiger partial charge in [-0.1, -0.05) is 18.7 Å². The first-order chi connectivity index (χ1) is 12.1. The van der Waals surface area contributed by atoms with Gasteiger partial charge in [0.15, 0.2) is 12.4 Å². The highest BCUT2D eigenvalue weighted by Crippen LogP contribution is 2.48. The summed E-state index contributed by atoms with van der Waals surface area (Å²) < 4.78 is 25.5. The maximum absolute atomic E-state index is 13.3. The molecule has 3 rings (SSSR count). The Hall–Kier alpha value is -1.77. The van der Waals surface area contributed by atoms with Crippen molar-refractivity contribution in [3.63, 3.8) is 0 Å². The summed E-state index contributed by atoms with van der Waals surface area (Å²) in [5.41, 5.74) is 0. The number of carbonyl (C=O) groups excluding carboxylic acids is 2. The van der Waals surface area contributed by atoms with Gasteiger partial charge < -0.3 is 23.7 Å². The average Bonchev–Trinajstić information content (AvgIpc) is 3.14. The van der Waals surface area contributed by atoms with E-state index in [1.54, 1.807) is 25.3 Å². The minimum absolute atomic E-state index is 0.305. The van der Waals surface area contributed by atoms with Gasteiger partial charge in [-0.2, -0.15) is 0 Å². The minimum Gasteiger partial charge on any atom is -0.497 e. The Kier molecular flexibility index (Phi) is 5.21. The Morgan fingerprint density at radius 2 is 2.04 bits per heavy atom. The van der Waals surface area contributed by atoms with Crippen molar-refractivity contribution < 1.29 is 33.3 Å². The van der Waals surface area contributed by atoms with Crippen molar-refractivity contribution in [1.82, 2.24) is 0 Å². The zero-order valence-electron chi connectivity index (χ0n) is 14.3. The highest BCUT2D eigenvalue weighted by molar-refractivity contribution is 8.02. The van der Waals surface area contributed by atoms with Crippen LogP contribution in [0.25, 0.3) is 0 Å². The molecule has 136 valence electrons. The van der Waals surface area contributed by atoms with Crippen molar-refractivity contribution in [3.05, 3.63) is 18.2 Å². The second kappa shape index (κ2) is 7.23. The lowest BCUT2D eigenvalue weighted by Crippen LogP contribution is -2.57. The van der Waals surface area contributed by atoms with E-state index in [1.807, 2.05) is 6.92 Å². The number of Topliss-reactive ketones (excluding diaryl/α,β-unsaturated/α-hetero) is 1. The number of carbonyl (C=O) groups is 2. The van der Waals surface area contributed by atoms with Crippen LogP contribution in [-0.4, -0.2) is 56.3 Å². The van der Waals surface area contributed by atoms with Gasteiger partial charge in [-0.05, 0) is 24.6 Å². The first-order valence-corrected chi connectivity index (χ1v) is 8.78. The van der Waals surface area contributed by atoms with E-state index in [2.05, 4.69) is 0 Å². The number of methoxy groups -OCH3 is 2. The first kappa shape index (κ1) is 18.0. The molecular formula is C17H20O7S. The molecule has 1 fully saturated rings. The van der Waals surface area contributed by atoms with E-state index in [-0.39, 0.29) is 0 Å². The molecule has 0 spiro atoms. The molecule has 0 saturated carbocycles. The third-order valence-corrected chi connectivity index (χ3v) is 5.58. The molecule has 2 aliphatic rings.